The number of carboxylic acid groups (broad SMARTS) is 1. The molecule has 3 fully saturated rings. The Labute approximate surface area is 292 Å². The van der Waals surface area contributed by atoms with E-state index in [2.05, 4.69) is 109 Å². The Morgan fingerprint density at radius 3 is 1.85 bits per heavy atom. The van der Waals surface area contributed by atoms with Gasteiger partial charge in [0.05, 0.1) is 12.2 Å². The van der Waals surface area contributed by atoms with Crippen LogP contribution in [0.15, 0.2) is 35.5 Å². The molecule has 47 heavy (non-hydrogen) atoms. The zero-order chi connectivity index (χ0) is 35.6. The molecule has 3 aliphatic rings. The largest absolute Gasteiger partial charge is 0.481 e. The zero-order valence-electron chi connectivity index (χ0n) is 33.0. The van der Waals surface area contributed by atoms with Gasteiger partial charge in [0.1, 0.15) is 0 Å². The highest BCUT2D eigenvalue weighted by atomic mass is 28.4. The lowest BCUT2D eigenvalue weighted by molar-refractivity contribution is -0.138. The molecule has 3 aliphatic carbocycles. The molecule has 6 heteroatoms. The lowest BCUT2D eigenvalue weighted by atomic mass is 9.61. The Balaban J connectivity index is 2.05. The number of rotatable bonds is 14. The van der Waals surface area contributed by atoms with Crippen LogP contribution in [0.1, 0.15) is 148 Å². The molecule has 0 unspecified atom stereocenters. The number of aliphatic carboxylic acids is 1. The van der Waals surface area contributed by atoms with E-state index in [1.54, 1.807) is 5.57 Å². The monoisotopic (exact) mass is 687 g/mol. The number of carboxylic acids is 1. The number of carbonyl (C=O) groups is 1. The SMILES string of the molecule is C=C1/C(=C/C=C2CCC[C@]3(C)[C@@H]([C@H](C)CC(=O)O)CC[C@@H]23)C[C@@H](O[Si](C(C)C)(C(C)C)C(C)C)C[C@@H]1O[Si](C(C)C)(C(C)C)C(C)C. The van der Waals surface area contributed by atoms with Gasteiger partial charge in [0.15, 0.2) is 0 Å². The Bertz CT molecular complexity index is 1100. The molecular weight excluding hydrogens is 613 g/mol. The normalized spacial score (nSPS) is 30.2. The quantitative estimate of drug-likeness (QED) is 0.185. The summed E-state index contributed by atoms with van der Waals surface area (Å²) in [5.74, 6) is 0.566. The van der Waals surface area contributed by atoms with E-state index in [0.717, 1.165) is 25.7 Å². The van der Waals surface area contributed by atoms with Crippen molar-refractivity contribution in [3.8, 4) is 0 Å². The van der Waals surface area contributed by atoms with Gasteiger partial charge in [-0.3, -0.25) is 4.79 Å². The third kappa shape index (κ3) is 8.01. The van der Waals surface area contributed by atoms with Crippen molar-refractivity contribution < 1.29 is 18.8 Å². The molecule has 0 aromatic rings. The van der Waals surface area contributed by atoms with Gasteiger partial charge in [0.25, 0.3) is 0 Å². The third-order valence-corrected chi connectivity index (χ3v) is 25.8. The van der Waals surface area contributed by atoms with Crippen LogP contribution in [0.2, 0.25) is 33.2 Å². The fourth-order valence-electron chi connectivity index (χ4n) is 11.6. The van der Waals surface area contributed by atoms with E-state index in [1.165, 1.54) is 30.4 Å². The highest BCUT2D eigenvalue weighted by molar-refractivity contribution is 6.78. The van der Waals surface area contributed by atoms with Crippen molar-refractivity contribution in [2.45, 2.75) is 194 Å². The van der Waals surface area contributed by atoms with E-state index in [0.29, 0.717) is 45.1 Å². The van der Waals surface area contributed by atoms with Gasteiger partial charge in [-0.15, -0.1) is 0 Å². The standard InChI is InChI=1S/C41H74O4Si2/c1-26(2)46(27(3)4,28(5)6)44-36-24-35(33(14)39(25-36)45-47(29(7)8,30(9)10)31(11)12)19-18-34-17-16-22-41(15)37(20-21-38(34)41)32(13)23-40(42)43/h18-19,26-32,36-39H,14,16-17,20-25H2,1-13,15H3,(H,42,43)/b34-18?,35-19+/t32-,36-,37-,38+,39+,41-/m1/s1. The van der Waals surface area contributed by atoms with Crippen molar-refractivity contribution in [2.24, 2.45) is 23.2 Å². The molecule has 0 aromatic heterocycles. The maximum Gasteiger partial charge on any atom is 0.303 e. The highest BCUT2D eigenvalue weighted by Crippen LogP contribution is 2.60. The van der Waals surface area contributed by atoms with Gasteiger partial charge in [0.2, 0.25) is 16.6 Å². The summed E-state index contributed by atoms with van der Waals surface area (Å²) < 4.78 is 15.1. The van der Waals surface area contributed by atoms with E-state index in [4.69, 9.17) is 15.4 Å². The Morgan fingerprint density at radius 1 is 0.851 bits per heavy atom. The van der Waals surface area contributed by atoms with Crippen LogP contribution in [0.3, 0.4) is 0 Å². The maximum absolute atomic E-state index is 11.6. The van der Waals surface area contributed by atoms with Crippen molar-refractivity contribution in [3.05, 3.63) is 35.5 Å². The van der Waals surface area contributed by atoms with Crippen molar-refractivity contribution >= 4 is 22.6 Å². The molecule has 1 N–H and O–H groups in total. The lowest BCUT2D eigenvalue weighted by Crippen LogP contribution is -2.54. The molecule has 0 amide bonds. The van der Waals surface area contributed by atoms with Gasteiger partial charge in [-0.2, -0.15) is 0 Å². The van der Waals surface area contributed by atoms with Crippen LogP contribution in [-0.4, -0.2) is 39.9 Å². The van der Waals surface area contributed by atoms with Crippen LogP contribution in [0, 0.1) is 23.2 Å². The molecule has 0 spiro atoms. The van der Waals surface area contributed by atoms with Crippen molar-refractivity contribution in [1.82, 2.24) is 0 Å². The molecule has 0 aromatic carbocycles. The van der Waals surface area contributed by atoms with Crippen LogP contribution < -0.4 is 0 Å². The fraction of sp³-hybridized carbons (Fsp3) is 0.829. The Kier molecular flexibility index (Phi) is 13.7. The summed E-state index contributed by atoms with van der Waals surface area (Å²) in [5, 5.41) is 9.55. The first-order valence-corrected chi connectivity index (χ1v) is 23.7. The maximum atomic E-state index is 11.6. The average Bonchev–Trinajstić information content (AvgIpc) is 3.31. The summed E-state index contributed by atoms with van der Waals surface area (Å²) in [6, 6.07) is 0. The molecule has 0 radical (unpaired) electrons. The summed E-state index contributed by atoms with van der Waals surface area (Å²) in [7, 11) is -4.23. The molecule has 3 saturated carbocycles. The second kappa shape index (κ2) is 15.9. The van der Waals surface area contributed by atoms with Gasteiger partial charge in [-0.05, 0) is 106 Å². The number of fused-ring (bicyclic) bond motifs is 1. The van der Waals surface area contributed by atoms with Gasteiger partial charge in [0, 0.05) is 12.8 Å². The van der Waals surface area contributed by atoms with Crippen molar-refractivity contribution in [3.63, 3.8) is 0 Å². The zero-order valence-corrected chi connectivity index (χ0v) is 35.0. The van der Waals surface area contributed by atoms with E-state index in [9.17, 15) is 9.90 Å². The predicted octanol–water partition coefficient (Wildman–Crippen LogP) is 12.6. The first-order chi connectivity index (χ1) is 21.7. The summed E-state index contributed by atoms with van der Waals surface area (Å²) in [5.41, 5.74) is 7.40. The molecule has 0 bridgehead atoms. The van der Waals surface area contributed by atoms with Crippen LogP contribution >= 0.6 is 0 Å². The topological polar surface area (TPSA) is 55.8 Å². The van der Waals surface area contributed by atoms with E-state index >= 15 is 0 Å². The Morgan fingerprint density at radius 2 is 1.36 bits per heavy atom. The molecule has 0 aliphatic heterocycles. The molecule has 3 rings (SSSR count). The van der Waals surface area contributed by atoms with Gasteiger partial charge < -0.3 is 14.0 Å². The van der Waals surface area contributed by atoms with E-state index < -0.39 is 22.6 Å². The third-order valence-electron chi connectivity index (χ3n) is 13.6. The minimum absolute atomic E-state index is 0.0141. The van der Waals surface area contributed by atoms with E-state index in [-0.39, 0.29) is 30.0 Å². The molecule has 270 valence electrons. The van der Waals surface area contributed by atoms with Crippen LogP contribution in [-0.2, 0) is 13.6 Å². The molecule has 0 heterocycles. The minimum Gasteiger partial charge on any atom is -0.481 e. The Hall–Kier alpha value is -0.956. The molecule has 6 atom stereocenters. The second-order valence-corrected chi connectivity index (χ2v) is 28.9. The van der Waals surface area contributed by atoms with Gasteiger partial charge in [-0.1, -0.05) is 121 Å². The van der Waals surface area contributed by atoms with Gasteiger partial charge in [-0.25, -0.2) is 0 Å². The van der Waals surface area contributed by atoms with Crippen LogP contribution in [0.25, 0.3) is 0 Å². The van der Waals surface area contributed by atoms with Crippen molar-refractivity contribution in [2.75, 3.05) is 0 Å². The van der Waals surface area contributed by atoms with Crippen LogP contribution in [0.4, 0.5) is 0 Å². The number of hydrogen-bond donors (Lipinski definition) is 1. The number of hydrogen-bond acceptors (Lipinski definition) is 3. The van der Waals surface area contributed by atoms with Crippen LogP contribution in [0.5, 0.6) is 0 Å². The summed E-state index contributed by atoms with van der Waals surface area (Å²) in [6.45, 7) is 38.1. The van der Waals surface area contributed by atoms with Crippen molar-refractivity contribution in [1.29, 1.82) is 0 Å². The van der Waals surface area contributed by atoms with Gasteiger partial charge >= 0.3 is 5.97 Å². The first-order valence-electron chi connectivity index (χ1n) is 19.4. The molecule has 4 nitrogen and oxygen atoms in total. The molecular formula is C41H74O4Si2. The summed E-state index contributed by atoms with van der Waals surface area (Å²) in [4.78, 5) is 11.6. The highest BCUT2D eigenvalue weighted by Gasteiger charge is 2.52. The second-order valence-electron chi connectivity index (χ2n) is 18.1. The minimum atomic E-state index is -2.14. The number of allylic oxidation sites excluding steroid dienone is 3. The molecule has 0 saturated heterocycles. The van der Waals surface area contributed by atoms with E-state index in [1.807, 2.05) is 0 Å². The summed E-state index contributed by atoms with van der Waals surface area (Å²) in [6.07, 6.45) is 12.9. The first kappa shape index (κ1) is 40.5. The fourth-order valence-corrected chi connectivity index (χ4v) is 22.7. The predicted molar refractivity (Wildman–Crippen MR) is 206 cm³/mol. The summed E-state index contributed by atoms with van der Waals surface area (Å²) >= 11 is 0. The smallest absolute Gasteiger partial charge is 0.303 e. The lowest BCUT2D eigenvalue weighted by Gasteiger charge is -2.49. The average molecular weight is 687 g/mol.